The maximum Gasteiger partial charge on any atom is 0.326 e. The third-order valence-electron chi connectivity index (χ3n) is 5.31. The van der Waals surface area contributed by atoms with Crippen LogP contribution < -0.4 is 5.32 Å². The Balaban J connectivity index is 1.81. The zero-order valence-corrected chi connectivity index (χ0v) is 20.2. The van der Waals surface area contributed by atoms with Crippen molar-refractivity contribution in [2.24, 2.45) is 0 Å². The summed E-state index contributed by atoms with van der Waals surface area (Å²) in [5.74, 6) is -1.57. The monoisotopic (exact) mass is 502 g/mol. The molecule has 1 fully saturated rings. The quantitative estimate of drug-likeness (QED) is 0.478. The smallest absolute Gasteiger partial charge is 0.326 e. The highest BCUT2D eigenvalue weighted by molar-refractivity contribution is 8.13. The molecule has 0 aromatic heterocycles. The summed E-state index contributed by atoms with van der Waals surface area (Å²) < 4.78 is 0. The van der Waals surface area contributed by atoms with E-state index in [2.05, 4.69) is 5.32 Å². The van der Waals surface area contributed by atoms with Crippen molar-refractivity contribution in [3.8, 4) is 5.75 Å². The number of thioether (sulfide) groups is 2. The fraction of sp³-hybridized carbons (Fsp3) is 0.333. The number of benzene rings is 2. The van der Waals surface area contributed by atoms with Crippen molar-refractivity contribution in [1.29, 1.82) is 0 Å². The maximum atomic E-state index is 13.2. The molecule has 180 valence electrons. The first-order valence-electron chi connectivity index (χ1n) is 10.7. The number of phenols is 1. The SMILES string of the molecule is CC(=O)SCCC(=O)N1[C@@H](c2ccccc2O)SC[C@H]1C(=O)NC(Cc1ccccc1)C(=O)O. The van der Waals surface area contributed by atoms with Crippen molar-refractivity contribution in [2.75, 3.05) is 11.5 Å². The number of carboxylic acid groups (broad SMARTS) is 1. The van der Waals surface area contributed by atoms with Crippen molar-refractivity contribution >= 4 is 46.4 Å². The van der Waals surface area contributed by atoms with Crippen LogP contribution >= 0.6 is 23.5 Å². The molecule has 3 atom stereocenters. The van der Waals surface area contributed by atoms with E-state index in [0.29, 0.717) is 5.56 Å². The summed E-state index contributed by atoms with van der Waals surface area (Å²) in [6, 6.07) is 13.5. The third kappa shape index (κ3) is 6.54. The number of amides is 2. The molecule has 3 rings (SSSR count). The lowest BCUT2D eigenvalue weighted by Gasteiger charge is -2.30. The molecular formula is C24H26N2O6S2. The summed E-state index contributed by atoms with van der Waals surface area (Å²) in [7, 11) is 0. The van der Waals surface area contributed by atoms with Gasteiger partial charge in [0.15, 0.2) is 5.12 Å². The predicted octanol–water partition coefficient (Wildman–Crippen LogP) is 2.82. The minimum atomic E-state index is -1.17. The molecule has 3 N–H and O–H groups in total. The molecule has 0 spiro atoms. The molecule has 0 saturated carbocycles. The van der Waals surface area contributed by atoms with Gasteiger partial charge in [0.25, 0.3) is 0 Å². The molecule has 2 aromatic carbocycles. The van der Waals surface area contributed by atoms with Gasteiger partial charge < -0.3 is 20.4 Å². The van der Waals surface area contributed by atoms with Crippen LogP contribution in [0, 0.1) is 0 Å². The van der Waals surface area contributed by atoms with E-state index in [0.717, 1.165) is 17.3 Å². The van der Waals surface area contributed by atoms with Gasteiger partial charge in [0.1, 0.15) is 23.2 Å². The van der Waals surface area contributed by atoms with Crippen molar-refractivity contribution in [2.45, 2.75) is 37.2 Å². The second-order valence-electron chi connectivity index (χ2n) is 7.74. The van der Waals surface area contributed by atoms with Crippen LogP contribution in [0.2, 0.25) is 0 Å². The fourth-order valence-corrected chi connectivity index (χ4v) is 5.72. The summed E-state index contributed by atoms with van der Waals surface area (Å²) in [6.45, 7) is 1.42. The fourth-order valence-electron chi connectivity index (χ4n) is 3.68. The van der Waals surface area contributed by atoms with Crippen LogP contribution in [0.4, 0.5) is 0 Å². The van der Waals surface area contributed by atoms with Gasteiger partial charge in [-0.1, -0.05) is 60.3 Å². The number of carboxylic acids is 1. The summed E-state index contributed by atoms with van der Waals surface area (Å²) in [4.78, 5) is 50.9. The Morgan fingerprint density at radius 1 is 1.12 bits per heavy atom. The number of carbonyl (C=O) groups is 4. The number of para-hydroxylation sites is 1. The third-order valence-corrected chi connectivity index (χ3v) is 7.43. The van der Waals surface area contributed by atoms with Gasteiger partial charge in [-0.2, -0.15) is 0 Å². The van der Waals surface area contributed by atoms with Gasteiger partial charge in [0, 0.05) is 36.8 Å². The van der Waals surface area contributed by atoms with E-state index in [1.165, 1.54) is 29.7 Å². The van der Waals surface area contributed by atoms with Gasteiger partial charge in [-0.25, -0.2) is 4.79 Å². The molecule has 2 amide bonds. The van der Waals surface area contributed by atoms with E-state index in [1.807, 2.05) is 6.07 Å². The second kappa shape index (κ2) is 11.9. The first-order chi connectivity index (χ1) is 16.3. The largest absolute Gasteiger partial charge is 0.508 e. The highest BCUT2D eigenvalue weighted by Gasteiger charge is 2.43. The molecular weight excluding hydrogens is 476 g/mol. The van der Waals surface area contributed by atoms with Crippen LogP contribution in [0.25, 0.3) is 0 Å². The Morgan fingerprint density at radius 2 is 1.79 bits per heavy atom. The number of aromatic hydroxyl groups is 1. The molecule has 0 aliphatic carbocycles. The van der Waals surface area contributed by atoms with Crippen LogP contribution in [0.15, 0.2) is 54.6 Å². The topological polar surface area (TPSA) is 124 Å². The summed E-state index contributed by atoms with van der Waals surface area (Å²) >= 11 is 2.35. The number of rotatable bonds is 9. The molecule has 0 bridgehead atoms. The van der Waals surface area contributed by atoms with Gasteiger partial charge in [0.2, 0.25) is 11.8 Å². The Hall–Kier alpha value is -2.98. The van der Waals surface area contributed by atoms with Crippen LogP contribution in [0.3, 0.4) is 0 Å². The van der Waals surface area contributed by atoms with Crippen LogP contribution in [0.5, 0.6) is 5.75 Å². The molecule has 0 radical (unpaired) electrons. The number of nitrogens with zero attached hydrogens (tertiary/aromatic N) is 1. The summed E-state index contributed by atoms with van der Waals surface area (Å²) in [5, 5.41) is 21.9. The molecule has 1 heterocycles. The average molecular weight is 503 g/mol. The minimum absolute atomic E-state index is 0.00413. The number of phenolic OH excluding ortho intramolecular Hbond substituents is 1. The standard InChI is InChI=1S/C24H26N2O6S2/c1-15(27)33-12-11-21(29)26-19(14-34-23(26)17-9-5-6-10-20(17)28)22(30)25-18(24(31)32)13-16-7-3-2-4-8-16/h2-10,18-19,23,28H,11-14H2,1H3,(H,25,30)(H,31,32)/t18?,19-,23+/m0/s1. The Bertz CT molecular complexity index is 1050. The van der Waals surface area contributed by atoms with Gasteiger partial charge >= 0.3 is 5.97 Å². The van der Waals surface area contributed by atoms with Crippen LogP contribution in [-0.2, 0) is 25.6 Å². The summed E-state index contributed by atoms with van der Waals surface area (Å²) in [6.07, 6.45) is 0.138. The van der Waals surface area contributed by atoms with E-state index in [9.17, 15) is 29.4 Å². The number of hydrogen-bond acceptors (Lipinski definition) is 7. The Labute approximate surface area is 206 Å². The summed E-state index contributed by atoms with van der Waals surface area (Å²) in [5.41, 5.74) is 1.26. The highest BCUT2D eigenvalue weighted by atomic mass is 32.2. The van der Waals surface area contributed by atoms with Gasteiger partial charge in [-0.3, -0.25) is 14.4 Å². The van der Waals surface area contributed by atoms with Gasteiger partial charge in [-0.05, 0) is 11.6 Å². The molecule has 34 heavy (non-hydrogen) atoms. The van der Waals surface area contributed by atoms with Gasteiger partial charge in [0.05, 0.1) is 0 Å². The van der Waals surface area contributed by atoms with Crippen molar-refractivity contribution < 1.29 is 29.4 Å². The van der Waals surface area contributed by atoms with Crippen molar-refractivity contribution in [3.05, 3.63) is 65.7 Å². The molecule has 2 aromatic rings. The predicted molar refractivity (Wildman–Crippen MR) is 131 cm³/mol. The zero-order valence-electron chi connectivity index (χ0n) is 18.5. The van der Waals surface area contributed by atoms with E-state index in [-0.39, 0.29) is 41.1 Å². The first kappa shape index (κ1) is 25.6. The number of nitrogens with one attached hydrogen (secondary N) is 1. The lowest BCUT2D eigenvalue weighted by atomic mass is 10.1. The first-order valence-corrected chi connectivity index (χ1v) is 12.7. The molecule has 1 unspecified atom stereocenters. The molecule has 10 heteroatoms. The van der Waals surface area contributed by atoms with E-state index < -0.39 is 29.3 Å². The van der Waals surface area contributed by atoms with Crippen LogP contribution in [-0.4, -0.2) is 61.6 Å². The highest BCUT2D eigenvalue weighted by Crippen LogP contribution is 2.44. The maximum absolute atomic E-state index is 13.2. The normalized spacial score (nSPS) is 18.3. The van der Waals surface area contributed by atoms with Crippen molar-refractivity contribution in [1.82, 2.24) is 10.2 Å². The second-order valence-corrected chi connectivity index (χ2v) is 10.1. The minimum Gasteiger partial charge on any atom is -0.508 e. The zero-order chi connectivity index (χ0) is 24.7. The lowest BCUT2D eigenvalue weighted by molar-refractivity contribution is -0.144. The number of aliphatic carboxylic acids is 1. The lowest BCUT2D eigenvalue weighted by Crippen LogP contribution is -2.52. The van der Waals surface area contributed by atoms with Crippen molar-refractivity contribution in [3.63, 3.8) is 0 Å². The molecule has 1 aliphatic heterocycles. The van der Waals surface area contributed by atoms with E-state index in [4.69, 9.17) is 0 Å². The Morgan fingerprint density at radius 3 is 2.44 bits per heavy atom. The number of hydrogen-bond donors (Lipinski definition) is 3. The molecule has 8 nitrogen and oxygen atoms in total. The average Bonchev–Trinajstić information content (AvgIpc) is 3.24. The number of carbonyl (C=O) groups excluding carboxylic acids is 3. The molecule has 1 saturated heterocycles. The molecule has 1 aliphatic rings. The van der Waals surface area contributed by atoms with E-state index in [1.54, 1.807) is 42.5 Å². The van der Waals surface area contributed by atoms with Gasteiger partial charge in [-0.15, -0.1) is 11.8 Å². The van der Waals surface area contributed by atoms with Crippen LogP contribution in [0.1, 0.15) is 29.8 Å². The Kier molecular flexibility index (Phi) is 9.00. The van der Waals surface area contributed by atoms with E-state index >= 15 is 0 Å².